The van der Waals surface area contributed by atoms with Crippen molar-refractivity contribution >= 4 is 0 Å². The maximum absolute atomic E-state index is 4.05. The van der Waals surface area contributed by atoms with Crippen LogP contribution >= 0.6 is 0 Å². The van der Waals surface area contributed by atoms with Crippen LogP contribution < -0.4 is 0 Å². The topological polar surface area (TPSA) is 0 Å². The number of allylic oxidation sites excluding steroid dienone is 1. The Hall–Kier alpha value is -2.26. The van der Waals surface area contributed by atoms with E-state index in [0.717, 1.165) is 5.57 Å². The molecule has 0 heteroatoms. The molecule has 0 aliphatic rings. The summed E-state index contributed by atoms with van der Waals surface area (Å²) >= 11 is 0. The number of hydrogen-bond donors (Lipinski definition) is 0. The fraction of sp³-hybridized carbons (Fsp3) is 0.238. The standard InChI is InChI=1S/C21H22/c1-17(2)21(3,4)16-15-20(18-11-7-5-8-12-18)19-13-9-6-10-14-19/h5-14,20H,1H2,2-4H3. The summed E-state index contributed by atoms with van der Waals surface area (Å²) in [4.78, 5) is 0. The minimum Gasteiger partial charge on any atom is -0.0986 e. The Morgan fingerprint density at radius 2 is 1.33 bits per heavy atom. The van der Waals surface area contributed by atoms with Gasteiger partial charge < -0.3 is 0 Å². The third-order valence-corrected chi connectivity index (χ3v) is 3.86. The van der Waals surface area contributed by atoms with Crippen molar-refractivity contribution in [3.63, 3.8) is 0 Å². The van der Waals surface area contributed by atoms with E-state index in [1.54, 1.807) is 0 Å². The lowest BCUT2D eigenvalue weighted by Gasteiger charge is -2.18. The van der Waals surface area contributed by atoms with Crippen molar-refractivity contribution in [1.82, 2.24) is 0 Å². The largest absolute Gasteiger partial charge is 0.0986 e. The molecular formula is C21H22. The molecular weight excluding hydrogens is 252 g/mol. The van der Waals surface area contributed by atoms with Gasteiger partial charge >= 0.3 is 0 Å². The zero-order valence-corrected chi connectivity index (χ0v) is 13.1. The first-order valence-corrected chi connectivity index (χ1v) is 7.29. The Morgan fingerprint density at radius 3 is 1.71 bits per heavy atom. The molecule has 0 saturated carbocycles. The quantitative estimate of drug-likeness (QED) is 0.517. The summed E-state index contributed by atoms with van der Waals surface area (Å²) in [5.74, 6) is 6.97. The van der Waals surface area contributed by atoms with E-state index in [0.29, 0.717) is 0 Å². The van der Waals surface area contributed by atoms with Gasteiger partial charge in [0.25, 0.3) is 0 Å². The van der Waals surface area contributed by atoms with Crippen molar-refractivity contribution in [2.75, 3.05) is 0 Å². The second-order valence-electron chi connectivity index (χ2n) is 5.93. The van der Waals surface area contributed by atoms with Crippen LogP contribution in [0.3, 0.4) is 0 Å². The first-order valence-electron chi connectivity index (χ1n) is 7.29. The number of rotatable bonds is 3. The Bertz CT molecular complexity index is 612. The molecule has 0 amide bonds. The van der Waals surface area contributed by atoms with Crippen LogP contribution in [0.5, 0.6) is 0 Å². The molecule has 2 aromatic rings. The smallest absolute Gasteiger partial charge is 0.0702 e. The molecule has 21 heavy (non-hydrogen) atoms. The van der Waals surface area contributed by atoms with Gasteiger partial charge in [-0.1, -0.05) is 84.7 Å². The molecule has 0 aromatic heterocycles. The number of hydrogen-bond acceptors (Lipinski definition) is 0. The maximum Gasteiger partial charge on any atom is 0.0702 e. The zero-order chi connectivity index (χ0) is 15.3. The van der Waals surface area contributed by atoms with Crippen molar-refractivity contribution < 1.29 is 0 Å². The maximum atomic E-state index is 4.05. The lowest BCUT2D eigenvalue weighted by Crippen LogP contribution is -2.09. The second-order valence-corrected chi connectivity index (χ2v) is 5.93. The van der Waals surface area contributed by atoms with Gasteiger partial charge in [0.15, 0.2) is 0 Å². The van der Waals surface area contributed by atoms with Crippen LogP contribution in [0.2, 0.25) is 0 Å². The molecule has 0 heterocycles. The summed E-state index contributed by atoms with van der Waals surface area (Å²) in [6.45, 7) is 10.3. The molecule has 0 bridgehead atoms. The molecule has 0 spiro atoms. The summed E-state index contributed by atoms with van der Waals surface area (Å²) in [6, 6.07) is 20.9. The van der Waals surface area contributed by atoms with Crippen molar-refractivity contribution in [2.45, 2.75) is 26.7 Å². The van der Waals surface area contributed by atoms with Crippen LogP contribution in [-0.4, -0.2) is 0 Å². The van der Waals surface area contributed by atoms with Crippen LogP contribution in [0.1, 0.15) is 37.8 Å². The first kappa shape index (κ1) is 15.1. The molecule has 0 aliphatic heterocycles. The monoisotopic (exact) mass is 274 g/mol. The minimum atomic E-state index is -0.165. The summed E-state index contributed by atoms with van der Waals surface area (Å²) < 4.78 is 0. The SMILES string of the molecule is C=C(C)C(C)(C)C#CC(c1ccccc1)c1ccccc1. The van der Waals surface area contributed by atoms with Gasteiger partial charge in [0.05, 0.1) is 5.92 Å². The molecule has 0 saturated heterocycles. The summed E-state index contributed by atoms with van der Waals surface area (Å²) in [5.41, 5.74) is 3.39. The molecule has 106 valence electrons. The van der Waals surface area contributed by atoms with E-state index in [9.17, 15) is 0 Å². The van der Waals surface area contributed by atoms with E-state index in [1.807, 2.05) is 19.1 Å². The van der Waals surface area contributed by atoms with Crippen LogP contribution in [0, 0.1) is 17.3 Å². The summed E-state index contributed by atoms with van der Waals surface area (Å²) in [6.07, 6.45) is 0. The Morgan fingerprint density at radius 1 is 0.905 bits per heavy atom. The van der Waals surface area contributed by atoms with E-state index < -0.39 is 0 Å². The van der Waals surface area contributed by atoms with E-state index in [2.05, 4.69) is 80.8 Å². The Labute approximate surface area is 128 Å². The van der Waals surface area contributed by atoms with Gasteiger partial charge in [0.1, 0.15) is 0 Å². The van der Waals surface area contributed by atoms with E-state index in [-0.39, 0.29) is 11.3 Å². The Kier molecular flexibility index (Phi) is 4.66. The molecule has 0 fully saturated rings. The van der Waals surface area contributed by atoms with Gasteiger partial charge in [-0.25, -0.2) is 0 Å². The highest BCUT2D eigenvalue weighted by molar-refractivity contribution is 5.41. The third kappa shape index (κ3) is 3.86. The van der Waals surface area contributed by atoms with Crippen LogP contribution in [-0.2, 0) is 0 Å². The molecule has 0 atom stereocenters. The highest BCUT2D eigenvalue weighted by Gasteiger charge is 2.16. The molecule has 0 unspecified atom stereocenters. The third-order valence-electron chi connectivity index (χ3n) is 3.86. The van der Waals surface area contributed by atoms with Gasteiger partial charge in [0, 0.05) is 5.41 Å². The predicted octanol–water partition coefficient (Wildman–Crippen LogP) is 5.42. The highest BCUT2D eigenvalue weighted by atomic mass is 14.2. The summed E-state index contributed by atoms with van der Waals surface area (Å²) in [5, 5.41) is 0. The van der Waals surface area contributed by atoms with Crippen molar-refractivity contribution in [3.8, 4) is 11.8 Å². The van der Waals surface area contributed by atoms with Crippen molar-refractivity contribution in [3.05, 3.63) is 83.9 Å². The fourth-order valence-electron chi connectivity index (χ4n) is 2.01. The summed E-state index contributed by atoms with van der Waals surface area (Å²) in [7, 11) is 0. The lowest BCUT2D eigenvalue weighted by molar-refractivity contribution is 0.608. The highest BCUT2D eigenvalue weighted by Crippen LogP contribution is 2.27. The predicted molar refractivity (Wildman–Crippen MR) is 91.1 cm³/mol. The minimum absolute atomic E-state index is 0.103. The van der Waals surface area contributed by atoms with Gasteiger partial charge in [-0.3, -0.25) is 0 Å². The van der Waals surface area contributed by atoms with Gasteiger partial charge in [-0.15, -0.1) is 0 Å². The Balaban J connectivity index is 2.44. The molecule has 2 aromatic carbocycles. The lowest BCUT2D eigenvalue weighted by atomic mass is 9.84. The van der Waals surface area contributed by atoms with Crippen LogP contribution in [0.4, 0.5) is 0 Å². The van der Waals surface area contributed by atoms with E-state index in [1.165, 1.54) is 11.1 Å². The van der Waals surface area contributed by atoms with Gasteiger partial charge in [0.2, 0.25) is 0 Å². The molecule has 2 rings (SSSR count). The molecule has 0 radical (unpaired) electrons. The average Bonchev–Trinajstić information content (AvgIpc) is 2.49. The zero-order valence-electron chi connectivity index (χ0n) is 13.1. The molecule has 0 N–H and O–H groups in total. The second kappa shape index (κ2) is 6.46. The first-order chi connectivity index (χ1) is 10.0. The number of benzene rings is 2. The van der Waals surface area contributed by atoms with E-state index >= 15 is 0 Å². The van der Waals surface area contributed by atoms with Gasteiger partial charge in [-0.2, -0.15) is 0 Å². The van der Waals surface area contributed by atoms with Crippen molar-refractivity contribution in [2.24, 2.45) is 5.41 Å². The molecule has 0 aliphatic carbocycles. The van der Waals surface area contributed by atoms with Crippen LogP contribution in [0.15, 0.2) is 72.8 Å². The fourth-order valence-corrected chi connectivity index (χ4v) is 2.01. The van der Waals surface area contributed by atoms with Crippen LogP contribution in [0.25, 0.3) is 0 Å². The van der Waals surface area contributed by atoms with E-state index in [4.69, 9.17) is 0 Å². The van der Waals surface area contributed by atoms with Crippen molar-refractivity contribution in [1.29, 1.82) is 0 Å². The normalized spacial score (nSPS) is 10.9. The average molecular weight is 274 g/mol. The molecule has 0 nitrogen and oxygen atoms in total. The van der Waals surface area contributed by atoms with Gasteiger partial charge in [-0.05, 0) is 31.9 Å².